The number of para-hydroxylation sites is 1. The Kier molecular flexibility index (Phi) is 5.33. The molecule has 1 aromatic carbocycles. The lowest BCUT2D eigenvalue weighted by atomic mass is 10.00. The van der Waals surface area contributed by atoms with Gasteiger partial charge >= 0.3 is 12.0 Å². The molecule has 1 amide bonds. The normalized spacial score (nSPS) is 25.2. The fourth-order valence-corrected chi connectivity index (χ4v) is 3.78. The zero-order valence-corrected chi connectivity index (χ0v) is 16.2. The fraction of sp³-hybridized carbons (Fsp3) is 0.429. The van der Waals surface area contributed by atoms with Crippen molar-refractivity contribution < 1.29 is 23.0 Å². The lowest BCUT2D eigenvalue weighted by molar-refractivity contribution is -0.294. The molecule has 4 rings (SSSR count). The number of alkyl halides is 2. The van der Waals surface area contributed by atoms with Gasteiger partial charge in [-0.1, -0.05) is 24.3 Å². The summed E-state index contributed by atoms with van der Waals surface area (Å²) >= 11 is 0. The van der Waals surface area contributed by atoms with Gasteiger partial charge in [-0.05, 0) is 30.7 Å². The Hall–Kier alpha value is -2.42. The maximum absolute atomic E-state index is 14.6. The van der Waals surface area contributed by atoms with Crippen molar-refractivity contribution in [3.63, 3.8) is 0 Å². The van der Waals surface area contributed by atoms with Gasteiger partial charge in [-0.25, -0.2) is 0 Å². The molecular weight excluding hydrogens is 380 g/mol. The number of carbonyl (C=O) groups excluding carboxylic acids is 1. The molecule has 154 valence electrons. The molecule has 2 saturated heterocycles. The highest BCUT2D eigenvalue weighted by atomic mass is 19.3. The largest absolute Gasteiger partial charge is 0.437 e. The second kappa shape index (κ2) is 7.78. The third-order valence-electron chi connectivity index (χ3n) is 5.14. The summed E-state index contributed by atoms with van der Waals surface area (Å²) in [4.78, 5) is 19.8. The van der Waals surface area contributed by atoms with Gasteiger partial charge in [0.15, 0.2) is 0 Å². The predicted octanol–water partition coefficient (Wildman–Crippen LogP) is 2.62. The van der Waals surface area contributed by atoms with Crippen molar-refractivity contribution >= 4 is 11.6 Å². The molecule has 0 saturated carbocycles. The van der Waals surface area contributed by atoms with E-state index >= 15 is 0 Å². The van der Waals surface area contributed by atoms with Crippen LogP contribution in [0, 0.1) is 6.92 Å². The molecule has 0 N–H and O–H groups in total. The topological polar surface area (TPSA) is 54.9 Å². The zero-order chi connectivity index (χ0) is 20.5. The smallest absolute Gasteiger partial charge is 0.377 e. The molecule has 2 aliphatic heterocycles. The van der Waals surface area contributed by atoms with Gasteiger partial charge in [0.1, 0.15) is 5.60 Å². The molecule has 1 atom stereocenters. The average molecular weight is 403 g/mol. The molecule has 1 aromatic heterocycles. The molecule has 0 radical (unpaired) electrons. The van der Waals surface area contributed by atoms with E-state index < -0.39 is 17.6 Å². The maximum atomic E-state index is 14.6. The number of morpholine rings is 1. The number of benzene rings is 1. The molecule has 2 fully saturated rings. The van der Waals surface area contributed by atoms with Crippen LogP contribution in [-0.4, -0.2) is 60.3 Å². The first kappa shape index (κ1) is 19.9. The molecule has 1 unspecified atom stereocenters. The minimum atomic E-state index is -3.92. The van der Waals surface area contributed by atoms with E-state index in [2.05, 4.69) is 4.98 Å². The first-order chi connectivity index (χ1) is 13.9. The van der Waals surface area contributed by atoms with Crippen molar-refractivity contribution in [2.75, 3.05) is 37.7 Å². The standard InChI is InChI=1S/C21H23F2N3O3/c1-16-7-8-17(24-11-16)12-25-9-10-28-15-20(13-25)14-26(18-5-3-2-4-6-18)19(27)21(22,23)29-20/h2-8,11H,9-10,12-15H2,1H3. The van der Waals surface area contributed by atoms with Crippen molar-refractivity contribution in [2.45, 2.75) is 25.2 Å². The summed E-state index contributed by atoms with van der Waals surface area (Å²) in [6.45, 7) is 3.57. The number of amides is 1. The van der Waals surface area contributed by atoms with Crippen LogP contribution in [0.2, 0.25) is 0 Å². The SMILES string of the molecule is Cc1ccc(CN2CCOCC3(C2)CN(c2ccccc2)C(=O)C(F)(F)O3)nc1. The highest BCUT2D eigenvalue weighted by Gasteiger charge is 2.58. The summed E-state index contributed by atoms with van der Waals surface area (Å²) in [6.07, 6.45) is -2.14. The maximum Gasteiger partial charge on any atom is 0.437 e. The van der Waals surface area contributed by atoms with Gasteiger partial charge in [0, 0.05) is 31.5 Å². The van der Waals surface area contributed by atoms with Crippen molar-refractivity contribution in [1.82, 2.24) is 9.88 Å². The zero-order valence-electron chi connectivity index (χ0n) is 16.2. The molecule has 8 heteroatoms. The van der Waals surface area contributed by atoms with E-state index in [0.29, 0.717) is 25.4 Å². The number of rotatable bonds is 3. The van der Waals surface area contributed by atoms with Gasteiger partial charge < -0.3 is 14.4 Å². The quantitative estimate of drug-likeness (QED) is 0.789. The van der Waals surface area contributed by atoms with Crippen LogP contribution in [-0.2, 0) is 20.8 Å². The second-order valence-corrected chi connectivity index (χ2v) is 7.62. The van der Waals surface area contributed by atoms with Crippen molar-refractivity contribution in [2.24, 2.45) is 0 Å². The first-order valence-corrected chi connectivity index (χ1v) is 9.54. The molecule has 1 spiro atoms. The molecule has 3 heterocycles. The fourth-order valence-electron chi connectivity index (χ4n) is 3.78. The van der Waals surface area contributed by atoms with Gasteiger partial charge in [0.2, 0.25) is 0 Å². The van der Waals surface area contributed by atoms with Crippen LogP contribution < -0.4 is 4.90 Å². The van der Waals surface area contributed by atoms with E-state index in [1.165, 1.54) is 0 Å². The average Bonchev–Trinajstić information content (AvgIpc) is 2.89. The third-order valence-corrected chi connectivity index (χ3v) is 5.14. The number of carbonyl (C=O) groups is 1. The number of hydrogen-bond acceptors (Lipinski definition) is 5. The second-order valence-electron chi connectivity index (χ2n) is 7.62. The van der Waals surface area contributed by atoms with Crippen LogP contribution in [0.4, 0.5) is 14.5 Å². The van der Waals surface area contributed by atoms with Gasteiger partial charge in [-0.3, -0.25) is 14.7 Å². The summed E-state index contributed by atoms with van der Waals surface area (Å²) in [5.74, 6) is -1.36. The number of hydrogen-bond donors (Lipinski definition) is 0. The number of aryl methyl sites for hydroxylation is 1. The van der Waals surface area contributed by atoms with Crippen LogP contribution in [0.1, 0.15) is 11.3 Å². The summed E-state index contributed by atoms with van der Waals surface area (Å²) in [6, 6.07) is 12.4. The van der Waals surface area contributed by atoms with Crippen LogP contribution in [0.15, 0.2) is 48.7 Å². The lowest BCUT2D eigenvalue weighted by Crippen LogP contribution is -2.66. The van der Waals surface area contributed by atoms with E-state index in [1.807, 2.05) is 24.0 Å². The number of pyridine rings is 1. The minimum Gasteiger partial charge on any atom is -0.377 e. The number of ether oxygens (including phenoxy) is 2. The summed E-state index contributed by atoms with van der Waals surface area (Å²) in [7, 11) is 0. The summed E-state index contributed by atoms with van der Waals surface area (Å²) < 4.78 is 39.9. The van der Waals surface area contributed by atoms with E-state index in [1.54, 1.807) is 36.5 Å². The lowest BCUT2D eigenvalue weighted by Gasteiger charge is -2.45. The summed E-state index contributed by atoms with van der Waals surface area (Å²) in [5, 5.41) is 0. The predicted molar refractivity (Wildman–Crippen MR) is 103 cm³/mol. The first-order valence-electron chi connectivity index (χ1n) is 9.54. The monoisotopic (exact) mass is 403 g/mol. The molecule has 2 aromatic rings. The Bertz CT molecular complexity index is 863. The van der Waals surface area contributed by atoms with E-state index in [-0.39, 0.29) is 19.7 Å². The van der Waals surface area contributed by atoms with E-state index in [9.17, 15) is 13.6 Å². The molecule has 29 heavy (non-hydrogen) atoms. The number of anilines is 1. The highest BCUT2D eigenvalue weighted by Crippen LogP contribution is 2.36. The Labute approximate surface area is 168 Å². The van der Waals surface area contributed by atoms with Crippen LogP contribution >= 0.6 is 0 Å². The Morgan fingerprint density at radius 1 is 1.14 bits per heavy atom. The minimum absolute atomic E-state index is 0.0107. The van der Waals surface area contributed by atoms with E-state index in [0.717, 1.165) is 16.2 Å². The van der Waals surface area contributed by atoms with E-state index in [4.69, 9.17) is 9.47 Å². The highest BCUT2D eigenvalue weighted by molar-refractivity contribution is 5.98. The number of aromatic nitrogens is 1. The Morgan fingerprint density at radius 2 is 1.93 bits per heavy atom. The van der Waals surface area contributed by atoms with Crippen molar-refractivity contribution in [3.05, 3.63) is 59.9 Å². The number of halogens is 2. The Morgan fingerprint density at radius 3 is 2.66 bits per heavy atom. The van der Waals surface area contributed by atoms with Crippen molar-refractivity contribution in [3.8, 4) is 0 Å². The van der Waals surface area contributed by atoms with Crippen LogP contribution in [0.5, 0.6) is 0 Å². The van der Waals surface area contributed by atoms with Gasteiger partial charge in [0.05, 0.1) is 25.5 Å². The molecule has 0 bridgehead atoms. The van der Waals surface area contributed by atoms with Crippen molar-refractivity contribution in [1.29, 1.82) is 0 Å². The molecular formula is C21H23F2N3O3. The van der Waals surface area contributed by atoms with Crippen LogP contribution in [0.25, 0.3) is 0 Å². The summed E-state index contributed by atoms with van der Waals surface area (Å²) in [5.41, 5.74) is 0.966. The molecule has 6 nitrogen and oxygen atoms in total. The van der Waals surface area contributed by atoms with Crippen LogP contribution in [0.3, 0.4) is 0 Å². The molecule has 2 aliphatic rings. The Balaban J connectivity index is 1.60. The number of nitrogens with zero attached hydrogens (tertiary/aromatic N) is 3. The van der Waals surface area contributed by atoms with Gasteiger partial charge in [-0.15, -0.1) is 0 Å². The molecule has 0 aliphatic carbocycles. The van der Waals surface area contributed by atoms with Gasteiger partial charge in [-0.2, -0.15) is 8.78 Å². The third kappa shape index (κ3) is 4.29. The van der Waals surface area contributed by atoms with Gasteiger partial charge in [0.25, 0.3) is 0 Å².